The highest BCUT2D eigenvalue weighted by Crippen LogP contribution is 2.30. The van der Waals surface area contributed by atoms with Gasteiger partial charge in [0.25, 0.3) is 5.91 Å². The Morgan fingerprint density at radius 2 is 1.17 bits per heavy atom. The zero-order valence-corrected chi connectivity index (χ0v) is 48.6. The van der Waals surface area contributed by atoms with E-state index in [-0.39, 0.29) is 16.9 Å². The van der Waals surface area contributed by atoms with Crippen LogP contribution in [-0.4, -0.2) is 220 Å². The lowest BCUT2D eigenvalue weighted by atomic mass is 9.96. The van der Waals surface area contributed by atoms with Crippen LogP contribution in [0.15, 0.2) is 97.1 Å². The molecule has 3 aliphatic heterocycles. The van der Waals surface area contributed by atoms with Crippen molar-refractivity contribution < 1.29 is 94.1 Å². The number of carbonyl (C=O) groups excluding carboxylic acids is 7. The molecule has 472 valence electrons. The van der Waals surface area contributed by atoms with Crippen LogP contribution in [0.25, 0.3) is 22.3 Å². The number of phenolic OH excluding ortho intramolecular Hbond substituents is 1. The maximum atomic E-state index is 14.7. The molecule has 0 aromatic heterocycles. The minimum atomic E-state index is -2.32. The molecule has 0 radical (unpaired) electrons. The van der Waals surface area contributed by atoms with E-state index in [1.54, 1.807) is 12.1 Å². The van der Waals surface area contributed by atoms with Crippen LogP contribution in [0.3, 0.4) is 0 Å². The summed E-state index contributed by atoms with van der Waals surface area (Å²) in [4.78, 5) is 103. The second-order valence-electron chi connectivity index (χ2n) is 22.4. The lowest BCUT2D eigenvalue weighted by Gasteiger charge is -2.34. The van der Waals surface area contributed by atoms with Crippen LogP contribution in [0, 0.1) is 5.92 Å². The number of phenols is 1. The summed E-state index contributed by atoms with van der Waals surface area (Å²) in [6.45, 7) is 3.54. The van der Waals surface area contributed by atoms with Gasteiger partial charge in [-0.3, -0.25) is 33.6 Å². The number of rotatable bonds is 18. The minimum absolute atomic E-state index is 0.0154. The van der Waals surface area contributed by atoms with Gasteiger partial charge in [0.15, 0.2) is 6.23 Å². The molecule has 0 spiro atoms. The Balaban J connectivity index is 1.23. The first-order valence-electron chi connectivity index (χ1n) is 28.9. The summed E-state index contributed by atoms with van der Waals surface area (Å²) in [5.74, 6) is -8.88. The Morgan fingerprint density at radius 1 is 0.644 bits per heavy atom. The predicted octanol–water partition coefficient (Wildman–Crippen LogP) is -1.55. The molecule has 3 fully saturated rings. The summed E-state index contributed by atoms with van der Waals surface area (Å²) >= 11 is 0. The van der Waals surface area contributed by atoms with Crippen molar-refractivity contribution in [2.45, 2.75) is 151 Å². The maximum absolute atomic E-state index is 14.7. The lowest BCUT2D eigenvalue weighted by Crippen LogP contribution is -2.64. The van der Waals surface area contributed by atoms with Gasteiger partial charge in [-0.05, 0) is 84.5 Å². The highest BCUT2D eigenvalue weighted by Gasteiger charge is 2.50. The van der Waals surface area contributed by atoms with Crippen molar-refractivity contribution in [2.75, 3.05) is 32.9 Å². The van der Waals surface area contributed by atoms with E-state index in [0.717, 1.165) is 77.5 Å². The maximum Gasteiger partial charge on any atom is 0.251 e. The Bertz CT molecular complexity index is 2990. The first kappa shape index (κ1) is 66.9. The average Bonchev–Trinajstić information content (AvgIpc) is 1.95. The van der Waals surface area contributed by atoms with Crippen LogP contribution >= 0.6 is 0 Å². The van der Waals surface area contributed by atoms with E-state index in [0.29, 0.717) is 12.2 Å². The number of hydrogen-bond acceptors (Lipinski definition) is 19. The fourth-order valence-corrected chi connectivity index (χ4v) is 10.7. The van der Waals surface area contributed by atoms with Gasteiger partial charge in [0, 0.05) is 37.4 Å². The van der Waals surface area contributed by atoms with Crippen molar-refractivity contribution >= 4 is 41.4 Å². The van der Waals surface area contributed by atoms with Crippen LogP contribution in [-0.2, 0) is 33.5 Å². The van der Waals surface area contributed by atoms with E-state index in [4.69, 9.17) is 9.47 Å². The van der Waals surface area contributed by atoms with Crippen molar-refractivity contribution in [3.05, 3.63) is 108 Å². The summed E-state index contributed by atoms with van der Waals surface area (Å²) in [6, 6.07) is 14.4. The summed E-state index contributed by atoms with van der Waals surface area (Å²) in [5, 5.41) is 122. The molecule has 87 heavy (non-hydrogen) atoms. The number of carbonyl (C=O) groups is 7. The highest BCUT2D eigenvalue weighted by molar-refractivity contribution is 6.00. The Kier molecular flexibility index (Phi) is 23.3. The van der Waals surface area contributed by atoms with Crippen molar-refractivity contribution in [3.8, 4) is 33.8 Å². The molecule has 0 saturated carbocycles. The van der Waals surface area contributed by atoms with Crippen LogP contribution in [0.2, 0.25) is 0 Å². The summed E-state index contributed by atoms with van der Waals surface area (Å²) in [7, 11) is 0. The smallest absolute Gasteiger partial charge is 0.251 e. The van der Waals surface area contributed by atoms with Crippen LogP contribution in [0.5, 0.6) is 11.5 Å². The second kappa shape index (κ2) is 30.3. The van der Waals surface area contributed by atoms with Crippen molar-refractivity contribution in [1.82, 2.24) is 36.4 Å². The van der Waals surface area contributed by atoms with Gasteiger partial charge in [0.05, 0.1) is 44.2 Å². The molecule has 26 heteroatoms. The number of unbranched alkanes of at least 4 members (excludes halogenated alkanes) is 2. The summed E-state index contributed by atoms with van der Waals surface area (Å²) in [6.07, 6.45) is -15.2. The number of nitrogens with one attached hydrogen (secondary N) is 5. The van der Waals surface area contributed by atoms with Gasteiger partial charge in [-0.2, -0.15) is 0 Å². The van der Waals surface area contributed by atoms with Crippen molar-refractivity contribution in [2.24, 2.45) is 5.92 Å². The van der Waals surface area contributed by atoms with Gasteiger partial charge in [-0.15, -0.1) is 0 Å². The largest absolute Gasteiger partial charge is 0.508 e. The predicted molar refractivity (Wildman–Crippen MR) is 310 cm³/mol. The molecule has 7 rings (SSSR count). The molecule has 4 aromatic rings. The quantitative estimate of drug-likeness (QED) is 0.0502. The molecule has 0 bridgehead atoms. The van der Waals surface area contributed by atoms with Gasteiger partial charge >= 0.3 is 0 Å². The molecule has 3 heterocycles. The van der Waals surface area contributed by atoms with Gasteiger partial charge in [-0.25, -0.2) is 0 Å². The molecule has 15 N–H and O–H groups in total. The molecule has 7 amide bonds. The van der Waals surface area contributed by atoms with Crippen molar-refractivity contribution in [3.63, 3.8) is 0 Å². The normalized spacial score (nSPS) is 26.7. The van der Waals surface area contributed by atoms with E-state index in [1.165, 1.54) is 31.2 Å². The molecule has 0 aliphatic carbocycles. The van der Waals surface area contributed by atoms with Gasteiger partial charge in [0.2, 0.25) is 35.4 Å². The van der Waals surface area contributed by atoms with Gasteiger partial charge in [-0.1, -0.05) is 87.4 Å². The third-order valence-electron chi connectivity index (χ3n) is 15.8. The summed E-state index contributed by atoms with van der Waals surface area (Å²) < 4.78 is 11.6. The number of hydrogen-bond donors (Lipinski definition) is 15. The zero-order chi connectivity index (χ0) is 63.4. The molecule has 4 aromatic carbocycles. The Morgan fingerprint density at radius 3 is 1.72 bits per heavy atom. The fourth-order valence-electron chi connectivity index (χ4n) is 10.7. The van der Waals surface area contributed by atoms with E-state index in [9.17, 15) is 84.6 Å². The number of amides is 7. The van der Waals surface area contributed by atoms with Gasteiger partial charge in [0.1, 0.15) is 72.2 Å². The summed E-state index contributed by atoms with van der Waals surface area (Å²) in [5.41, 5.74) is 3.27. The van der Waals surface area contributed by atoms with Crippen LogP contribution in [0.4, 0.5) is 0 Å². The second-order valence-corrected chi connectivity index (χ2v) is 22.4. The number of fused-ring (bicyclic) bond motifs is 2. The Labute approximate surface area is 502 Å². The first-order valence-corrected chi connectivity index (χ1v) is 28.9. The van der Waals surface area contributed by atoms with Crippen LogP contribution < -0.4 is 31.3 Å². The van der Waals surface area contributed by atoms with Crippen molar-refractivity contribution in [1.29, 1.82) is 0 Å². The zero-order valence-electron chi connectivity index (χ0n) is 48.6. The number of aliphatic hydroxyl groups excluding tert-OH is 9. The number of ether oxygens (including phenoxy) is 2. The number of aliphatic hydroxyl groups is 9. The van der Waals surface area contributed by atoms with Gasteiger partial charge < -0.3 is 96.9 Å². The minimum Gasteiger partial charge on any atom is -0.508 e. The average molecular weight is 1210 g/mol. The topological polar surface area (TPSA) is 407 Å². The Hall–Kier alpha value is -7.63. The molecular formula is C61H79N7O19. The molecule has 15 atom stereocenters. The highest BCUT2D eigenvalue weighted by atomic mass is 16.5. The third kappa shape index (κ3) is 16.5. The standard InChI is InChI=1S/C61H79N7O19/c1-5-6-7-24-86-42-22-18-37(19-23-42)35-10-8-34(9-11-35)36-12-14-39(15-13-36)54(79)62-44-26-46(75)59(87-43(29-69)30-70)66-58(83)50-51(76)31(2)27-68(50)61(85)48(33(4)72)64-57(82)49(53(78)52(77)38-16-20-40(73)21-17-38)65-56(81)45-25-41(74)28-67(45)60(84)47(32(3)71)63-55(44)80/h8-23,31-33,41,43-53,59,69-78H,5-7,24-30H2,1-4H3,(H,62,79)(H,63,80)(H,64,82)(H,65,81)(H,66,83)/t31-,32+,33+,41+,44?,45?,46+,47?,48?,49?,50?,51-,52-,53-,59?/m0/s1. The number of benzene rings is 4. The molecule has 3 aliphatic rings. The van der Waals surface area contributed by atoms with E-state index < -0.39 is 178 Å². The molecular weight excluding hydrogens is 1130 g/mol. The third-order valence-corrected chi connectivity index (χ3v) is 15.8. The SMILES string of the molecule is CCCCCOc1ccc(-c2ccc(-c3ccc(C(=O)NC4C[C@@H](O)C(OC(CO)CO)NC(=O)C5[C@@H](O)[C@@H](C)CN5C(=O)C([C@@H](C)O)NC(=O)C([C@H](O)[C@@H](O)c5ccc(O)cc5)NC(=O)C5C[C@@H](O)CN5C(=O)C([C@@H](C)O)NC4=O)cc3)cc2)cc1. The monoisotopic (exact) mass is 1210 g/mol. The van der Waals surface area contributed by atoms with Crippen LogP contribution in [0.1, 0.15) is 81.8 Å². The van der Waals surface area contributed by atoms with E-state index in [2.05, 4.69) is 33.5 Å². The molecule has 26 nitrogen and oxygen atoms in total. The molecule has 7 unspecified atom stereocenters. The van der Waals surface area contributed by atoms with E-state index in [1.807, 2.05) is 48.5 Å². The fraction of sp³-hybridized carbons (Fsp3) is 0.492. The van der Waals surface area contributed by atoms with E-state index >= 15 is 0 Å². The number of nitrogens with zero attached hydrogens (tertiary/aromatic N) is 2. The first-order chi connectivity index (χ1) is 41.4. The number of aromatic hydroxyl groups is 1. The molecule has 3 saturated heterocycles. The lowest BCUT2D eigenvalue weighted by molar-refractivity contribution is -0.154.